The van der Waals surface area contributed by atoms with Crippen LogP contribution in [0.2, 0.25) is 0 Å². The van der Waals surface area contributed by atoms with E-state index >= 15 is 0 Å². The molecule has 114 valence electrons. The Balaban J connectivity index is 2.43. The van der Waals surface area contributed by atoms with Crippen LogP contribution in [0.5, 0.6) is 0 Å². The highest BCUT2D eigenvalue weighted by atomic mass is 19.4. The molecule has 3 nitrogen and oxygen atoms in total. The third-order valence-corrected chi connectivity index (χ3v) is 3.40. The van der Waals surface area contributed by atoms with Crippen molar-refractivity contribution in [1.29, 1.82) is 0 Å². The molecule has 21 heavy (non-hydrogen) atoms. The number of alkyl halides is 3. The first kappa shape index (κ1) is 15.4. The maximum atomic E-state index is 12.8. The minimum atomic E-state index is -4.37. The molecular weight excluding hydrogens is 279 g/mol. The topological polar surface area (TPSA) is 43.8 Å². The number of nitrogen functional groups attached to an aromatic ring is 1. The van der Waals surface area contributed by atoms with Crippen molar-refractivity contribution in [2.45, 2.75) is 39.4 Å². The van der Waals surface area contributed by atoms with Gasteiger partial charge in [-0.1, -0.05) is 25.5 Å². The molecule has 0 saturated carbocycles. The van der Waals surface area contributed by atoms with Gasteiger partial charge in [0.25, 0.3) is 0 Å². The zero-order valence-corrected chi connectivity index (χ0v) is 12.0. The monoisotopic (exact) mass is 297 g/mol. The molecule has 0 amide bonds. The van der Waals surface area contributed by atoms with Crippen LogP contribution in [-0.4, -0.2) is 9.55 Å². The normalized spacial score (nSPS) is 11.9. The molecule has 0 radical (unpaired) electrons. The van der Waals surface area contributed by atoms with Crippen LogP contribution < -0.4 is 5.73 Å². The Morgan fingerprint density at radius 1 is 1.29 bits per heavy atom. The van der Waals surface area contributed by atoms with Gasteiger partial charge in [0.15, 0.2) is 0 Å². The molecule has 0 aliphatic rings. The van der Waals surface area contributed by atoms with Gasteiger partial charge in [-0.25, -0.2) is 4.98 Å². The summed E-state index contributed by atoms with van der Waals surface area (Å²) in [4.78, 5) is 4.33. The summed E-state index contributed by atoms with van der Waals surface area (Å²) in [5, 5.41) is 0. The van der Waals surface area contributed by atoms with E-state index in [0.29, 0.717) is 22.9 Å². The molecule has 0 aliphatic heterocycles. The van der Waals surface area contributed by atoms with Crippen molar-refractivity contribution in [1.82, 2.24) is 9.55 Å². The lowest BCUT2D eigenvalue weighted by Gasteiger charge is -2.09. The highest BCUT2D eigenvalue weighted by Crippen LogP contribution is 2.33. The second-order valence-corrected chi connectivity index (χ2v) is 4.98. The number of nitrogens with two attached hydrogens (primary N) is 1. The van der Waals surface area contributed by atoms with Gasteiger partial charge in [0.2, 0.25) is 0 Å². The molecule has 0 fully saturated rings. The van der Waals surface area contributed by atoms with Crippen molar-refractivity contribution < 1.29 is 13.2 Å². The second-order valence-electron chi connectivity index (χ2n) is 4.98. The highest BCUT2D eigenvalue weighted by molar-refractivity contribution is 5.71. The minimum Gasteiger partial charge on any atom is -0.383 e. The summed E-state index contributed by atoms with van der Waals surface area (Å²) >= 11 is 0. The zero-order valence-electron chi connectivity index (χ0n) is 12.0. The fourth-order valence-corrected chi connectivity index (χ4v) is 2.24. The van der Waals surface area contributed by atoms with Crippen molar-refractivity contribution in [2.24, 2.45) is 0 Å². The minimum absolute atomic E-state index is 0.390. The van der Waals surface area contributed by atoms with Gasteiger partial charge in [-0.05, 0) is 25.5 Å². The van der Waals surface area contributed by atoms with Crippen LogP contribution in [0.4, 0.5) is 19.0 Å². The number of rotatable bonds is 4. The van der Waals surface area contributed by atoms with Gasteiger partial charge in [0.1, 0.15) is 17.3 Å². The summed E-state index contributed by atoms with van der Waals surface area (Å²) in [6.07, 6.45) is -2.41. The van der Waals surface area contributed by atoms with Crippen molar-refractivity contribution in [3.8, 4) is 11.3 Å². The van der Waals surface area contributed by atoms with Crippen molar-refractivity contribution >= 4 is 5.82 Å². The maximum absolute atomic E-state index is 12.8. The summed E-state index contributed by atoms with van der Waals surface area (Å²) in [6.45, 7) is 4.60. The fourth-order valence-electron chi connectivity index (χ4n) is 2.24. The Morgan fingerprint density at radius 2 is 2.00 bits per heavy atom. The van der Waals surface area contributed by atoms with Gasteiger partial charge in [-0.2, -0.15) is 13.2 Å². The number of benzene rings is 1. The lowest BCUT2D eigenvalue weighted by atomic mass is 10.1. The number of halogens is 3. The number of hydrogen-bond acceptors (Lipinski definition) is 2. The van der Waals surface area contributed by atoms with Gasteiger partial charge in [-0.3, -0.25) is 0 Å². The smallest absolute Gasteiger partial charge is 0.383 e. The van der Waals surface area contributed by atoms with Crippen LogP contribution in [0.25, 0.3) is 11.3 Å². The van der Waals surface area contributed by atoms with E-state index in [1.165, 1.54) is 6.07 Å². The highest BCUT2D eigenvalue weighted by Gasteiger charge is 2.30. The zero-order chi connectivity index (χ0) is 15.6. The third kappa shape index (κ3) is 3.20. The predicted octanol–water partition coefficient (Wildman–Crippen LogP) is 4.26. The number of nitrogens with zero attached hydrogens (tertiary/aromatic N) is 2. The standard InChI is InChI=1S/C15H18F3N3/c1-3-4-8-21-10(2)20-13(14(21)19)11-6-5-7-12(9-11)15(16,17)18/h5-7,9H,3-4,8,19H2,1-2H3. The summed E-state index contributed by atoms with van der Waals surface area (Å²) in [5.74, 6) is 1.13. The average Bonchev–Trinajstić information content (AvgIpc) is 2.71. The van der Waals surface area contributed by atoms with Crippen LogP contribution in [0.1, 0.15) is 31.2 Å². The summed E-state index contributed by atoms with van der Waals surface area (Å²) in [6, 6.07) is 5.10. The Morgan fingerprint density at radius 3 is 2.62 bits per heavy atom. The van der Waals surface area contributed by atoms with Crippen molar-refractivity contribution in [3.63, 3.8) is 0 Å². The fraction of sp³-hybridized carbons (Fsp3) is 0.400. The van der Waals surface area contributed by atoms with E-state index in [2.05, 4.69) is 11.9 Å². The number of unbranched alkanes of at least 4 members (excludes halogenated alkanes) is 1. The van der Waals surface area contributed by atoms with Gasteiger partial charge in [0, 0.05) is 12.1 Å². The molecule has 1 aromatic heterocycles. The van der Waals surface area contributed by atoms with E-state index in [1.54, 1.807) is 6.07 Å². The largest absolute Gasteiger partial charge is 0.416 e. The average molecular weight is 297 g/mol. The Labute approximate surface area is 121 Å². The number of anilines is 1. The molecule has 1 heterocycles. The number of hydrogen-bond donors (Lipinski definition) is 1. The Bertz CT molecular complexity index is 630. The van der Waals surface area contributed by atoms with Crippen LogP contribution >= 0.6 is 0 Å². The molecule has 0 unspecified atom stereocenters. The molecule has 2 N–H and O–H groups in total. The first-order valence-electron chi connectivity index (χ1n) is 6.84. The molecule has 6 heteroatoms. The molecule has 0 saturated heterocycles. The first-order valence-corrected chi connectivity index (χ1v) is 6.84. The Hall–Kier alpha value is -1.98. The van der Waals surface area contributed by atoms with Gasteiger partial charge >= 0.3 is 6.18 Å². The van der Waals surface area contributed by atoms with E-state index in [1.807, 2.05) is 11.5 Å². The maximum Gasteiger partial charge on any atom is 0.416 e. The second kappa shape index (κ2) is 5.79. The molecular formula is C15H18F3N3. The summed E-state index contributed by atoms with van der Waals surface area (Å²) in [5.41, 5.74) is 6.16. The van der Waals surface area contributed by atoms with Crippen LogP contribution in [-0.2, 0) is 12.7 Å². The van der Waals surface area contributed by atoms with E-state index < -0.39 is 11.7 Å². The van der Waals surface area contributed by atoms with E-state index in [0.717, 1.165) is 31.5 Å². The van der Waals surface area contributed by atoms with E-state index in [9.17, 15) is 13.2 Å². The number of aryl methyl sites for hydroxylation is 1. The van der Waals surface area contributed by atoms with Gasteiger partial charge < -0.3 is 10.3 Å². The third-order valence-electron chi connectivity index (χ3n) is 3.40. The lowest BCUT2D eigenvalue weighted by Crippen LogP contribution is -2.06. The Kier molecular flexibility index (Phi) is 4.25. The molecule has 0 atom stereocenters. The molecule has 0 aliphatic carbocycles. The number of aromatic nitrogens is 2. The molecule has 0 bridgehead atoms. The number of imidazole rings is 1. The van der Waals surface area contributed by atoms with E-state index in [4.69, 9.17) is 5.73 Å². The summed E-state index contributed by atoms with van der Waals surface area (Å²) < 4.78 is 40.2. The lowest BCUT2D eigenvalue weighted by molar-refractivity contribution is -0.137. The first-order chi connectivity index (χ1) is 9.84. The van der Waals surface area contributed by atoms with Crippen molar-refractivity contribution in [2.75, 3.05) is 5.73 Å². The molecule has 2 aromatic rings. The van der Waals surface area contributed by atoms with Gasteiger partial charge in [-0.15, -0.1) is 0 Å². The molecule has 1 aromatic carbocycles. The van der Waals surface area contributed by atoms with Crippen LogP contribution in [0.3, 0.4) is 0 Å². The molecule has 0 spiro atoms. The molecule has 2 rings (SSSR count). The van der Waals surface area contributed by atoms with Crippen molar-refractivity contribution in [3.05, 3.63) is 35.7 Å². The predicted molar refractivity (Wildman–Crippen MR) is 76.7 cm³/mol. The quantitative estimate of drug-likeness (QED) is 0.916. The van der Waals surface area contributed by atoms with Crippen LogP contribution in [0.15, 0.2) is 24.3 Å². The SMILES string of the molecule is CCCCn1c(C)nc(-c2cccc(C(F)(F)F)c2)c1N. The van der Waals surface area contributed by atoms with E-state index in [-0.39, 0.29) is 0 Å². The summed E-state index contributed by atoms with van der Waals surface area (Å²) in [7, 11) is 0. The van der Waals surface area contributed by atoms with Gasteiger partial charge in [0.05, 0.1) is 5.56 Å². The van der Waals surface area contributed by atoms with Crippen LogP contribution in [0, 0.1) is 6.92 Å².